The highest BCUT2D eigenvalue weighted by atomic mass is 32.2. The zero-order chi connectivity index (χ0) is 9.97. The van der Waals surface area contributed by atoms with Crippen molar-refractivity contribution in [2.75, 3.05) is 17.2 Å². The number of thioether (sulfide) groups is 1. The summed E-state index contributed by atoms with van der Waals surface area (Å²) in [6.45, 7) is 0. The van der Waals surface area contributed by atoms with Crippen LogP contribution in [-0.2, 0) is 0 Å². The molecule has 0 aromatic carbocycles. The van der Waals surface area contributed by atoms with Gasteiger partial charge in [0.25, 0.3) is 5.56 Å². The summed E-state index contributed by atoms with van der Waals surface area (Å²) in [7, 11) is 0. The van der Waals surface area contributed by atoms with Gasteiger partial charge in [-0.25, -0.2) is 5.10 Å². The molecule has 3 N–H and O–H groups in total. The number of aromatic amines is 1. The Bertz CT molecular complexity index is 371. The average Bonchev–Trinajstić information content (AvgIpc) is 2.23. The van der Waals surface area contributed by atoms with Gasteiger partial charge >= 0.3 is 0 Å². The van der Waals surface area contributed by atoms with Crippen LogP contribution in [0.15, 0.2) is 10.9 Å². The van der Waals surface area contributed by atoms with Gasteiger partial charge in [0.15, 0.2) is 0 Å². The third kappa shape index (κ3) is 1.92. The van der Waals surface area contributed by atoms with Gasteiger partial charge in [0.2, 0.25) is 0 Å². The van der Waals surface area contributed by atoms with Crippen LogP contribution in [0.2, 0.25) is 0 Å². The third-order valence-electron chi connectivity index (χ3n) is 2.49. The van der Waals surface area contributed by atoms with E-state index in [4.69, 9.17) is 5.73 Å². The Hall–Kier alpha value is -0.970. The lowest BCUT2D eigenvalue weighted by Crippen LogP contribution is -2.17. The summed E-state index contributed by atoms with van der Waals surface area (Å²) in [5.41, 5.74) is 6.45. The lowest BCUT2D eigenvalue weighted by molar-refractivity contribution is 0.608. The van der Waals surface area contributed by atoms with Crippen LogP contribution in [0.3, 0.4) is 0 Å². The van der Waals surface area contributed by atoms with Gasteiger partial charge in [0, 0.05) is 5.92 Å². The standard InChI is InChI=1S/C9H13N3OS/c10-7-5-8(11-12-9(7)13)6-1-3-14-4-2-6/h5-6H,1-4H2,(H2,10,11)(H,12,13). The van der Waals surface area contributed by atoms with Crippen LogP contribution in [0.5, 0.6) is 0 Å². The van der Waals surface area contributed by atoms with Gasteiger partial charge in [-0.3, -0.25) is 4.79 Å². The molecule has 1 aliphatic rings. The van der Waals surface area contributed by atoms with E-state index >= 15 is 0 Å². The molecular weight excluding hydrogens is 198 g/mol. The van der Waals surface area contributed by atoms with Crippen molar-refractivity contribution in [1.82, 2.24) is 10.2 Å². The molecule has 14 heavy (non-hydrogen) atoms. The monoisotopic (exact) mass is 211 g/mol. The zero-order valence-corrected chi connectivity index (χ0v) is 8.64. The lowest BCUT2D eigenvalue weighted by Gasteiger charge is -2.20. The van der Waals surface area contributed by atoms with Crippen molar-refractivity contribution >= 4 is 17.4 Å². The van der Waals surface area contributed by atoms with Crippen LogP contribution in [-0.4, -0.2) is 21.7 Å². The van der Waals surface area contributed by atoms with Crippen LogP contribution in [0.1, 0.15) is 24.5 Å². The Morgan fingerprint density at radius 1 is 1.50 bits per heavy atom. The molecule has 0 radical (unpaired) electrons. The minimum Gasteiger partial charge on any atom is -0.394 e. The van der Waals surface area contributed by atoms with E-state index in [1.807, 2.05) is 11.8 Å². The van der Waals surface area contributed by atoms with Gasteiger partial charge in [-0.1, -0.05) is 0 Å². The fourth-order valence-electron chi connectivity index (χ4n) is 1.64. The molecule has 1 aliphatic heterocycles. The molecule has 0 bridgehead atoms. The normalized spacial score (nSPS) is 18.3. The van der Waals surface area contributed by atoms with Gasteiger partial charge in [0.05, 0.1) is 5.69 Å². The number of rotatable bonds is 1. The van der Waals surface area contributed by atoms with Gasteiger partial charge < -0.3 is 5.73 Å². The van der Waals surface area contributed by atoms with Gasteiger partial charge in [-0.15, -0.1) is 0 Å². The molecule has 2 heterocycles. The summed E-state index contributed by atoms with van der Waals surface area (Å²) >= 11 is 1.97. The molecule has 1 fully saturated rings. The Morgan fingerprint density at radius 3 is 2.86 bits per heavy atom. The second-order valence-corrected chi connectivity index (χ2v) is 4.69. The topological polar surface area (TPSA) is 71.8 Å². The molecule has 2 rings (SSSR count). The largest absolute Gasteiger partial charge is 0.394 e. The Morgan fingerprint density at radius 2 is 2.21 bits per heavy atom. The summed E-state index contributed by atoms with van der Waals surface area (Å²) in [5.74, 6) is 2.81. The molecule has 0 spiro atoms. The Labute approximate surface area is 86.3 Å². The summed E-state index contributed by atoms with van der Waals surface area (Å²) in [5, 5.41) is 6.46. The van der Waals surface area contributed by atoms with E-state index in [0.29, 0.717) is 5.92 Å². The molecule has 1 aromatic rings. The Balaban J connectivity index is 2.22. The number of hydrogen-bond donors (Lipinski definition) is 2. The molecule has 0 unspecified atom stereocenters. The van der Waals surface area contributed by atoms with E-state index in [2.05, 4.69) is 10.2 Å². The van der Waals surface area contributed by atoms with Crippen LogP contribution in [0.4, 0.5) is 5.69 Å². The van der Waals surface area contributed by atoms with E-state index < -0.39 is 0 Å². The molecule has 5 heteroatoms. The maximum atomic E-state index is 11.0. The number of aromatic nitrogens is 2. The molecule has 0 amide bonds. The second-order valence-electron chi connectivity index (χ2n) is 3.46. The predicted octanol–water partition coefficient (Wildman–Crippen LogP) is 0.963. The second kappa shape index (κ2) is 4.04. The quantitative estimate of drug-likeness (QED) is 0.726. The molecule has 1 saturated heterocycles. The maximum absolute atomic E-state index is 11.0. The minimum atomic E-state index is -0.293. The maximum Gasteiger partial charge on any atom is 0.287 e. The number of hydrogen-bond acceptors (Lipinski definition) is 4. The molecule has 0 atom stereocenters. The summed E-state index contributed by atoms with van der Waals surface area (Å²) in [6, 6.07) is 1.71. The molecular formula is C9H13N3OS. The number of nitrogens with one attached hydrogen (secondary N) is 1. The van der Waals surface area contributed by atoms with Crippen molar-refractivity contribution in [3.05, 3.63) is 22.1 Å². The van der Waals surface area contributed by atoms with E-state index in [1.165, 1.54) is 11.5 Å². The minimum absolute atomic E-state index is 0.272. The highest BCUT2D eigenvalue weighted by Crippen LogP contribution is 2.30. The number of anilines is 1. The van der Waals surface area contributed by atoms with Gasteiger partial charge in [-0.05, 0) is 30.4 Å². The number of nitrogen functional groups attached to an aromatic ring is 1. The van der Waals surface area contributed by atoms with Crippen molar-refractivity contribution in [2.24, 2.45) is 0 Å². The predicted molar refractivity (Wildman–Crippen MR) is 58.6 cm³/mol. The van der Waals surface area contributed by atoms with Gasteiger partial charge in [-0.2, -0.15) is 16.9 Å². The Kier molecular flexibility index (Phi) is 2.77. The van der Waals surface area contributed by atoms with Gasteiger partial charge in [0.1, 0.15) is 5.69 Å². The van der Waals surface area contributed by atoms with Crippen molar-refractivity contribution < 1.29 is 0 Å². The van der Waals surface area contributed by atoms with Crippen LogP contribution in [0.25, 0.3) is 0 Å². The number of nitrogens with zero attached hydrogens (tertiary/aromatic N) is 1. The number of nitrogens with two attached hydrogens (primary N) is 1. The van der Waals surface area contributed by atoms with Crippen molar-refractivity contribution in [1.29, 1.82) is 0 Å². The first kappa shape index (κ1) is 9.58. The van der Waals surface area contributed by atoms with E-state index in [9.17, 15) is 4.79 Å². The van der Waals surface area contributed by atoms with Crippen LogP contribution >= 0.6 is 11.8 Å². The molecule has 76 valence electrons. The molecule has 4 nitrogen and oxygen atoms in total. The SMILES string of the molecule is Nc1cc(C2CCSCC2)n[nH]c1=O. The van der Waals surface area contributed by atoms with Crippen molar-refractivity contribution in [3.8, 4) is 0 Å². The summed E-state index contributed by atoms with van der Waals surface area (Å²) < 4.78 is 0. The van der Waals surface area contributed by atoms with E-state index in [-0.39, 0.29) is 11.2 Å². The first-order valence-corrected chi connectivity index (χ1v) is 5.85. The van der Waals surface area contributed by atoms with E-state index in [1.54, 1.807) is 6.07 Å². The molecule has 1 aromatic heterocycles. The van der Waals surface area contributed by atoms with Crippen molar-refractivity contribution in [3.63, 3.8) is 0 Å². The number of H-pyrrole nitrogens is 1. The average molecular weight is 211 g/mol. The van der Waals surface area contributed by atoms with Crippen LogP contribution < -0.4 is 11.3 Å². The van der Waals surface area contributed by atoms with E-state index in [0.717, 1.165) is 18.5 Å². The fraction of sp³-hybridized carbons (Fsp3) is 0.556. The lowest BCUT2D eigenvalue weighted by atomic mass is 9.98. The zero-order valence-electron chi connectivity index (χ0n) is 7.82. The fourth-order valence-corrected chi connectivity index (χ4v) is 2.75. The van der Waals surface area contributed by atoms with Crippen LogP contribution in [0, 0.1) is 0 Å². The first-order chi connectivity index (χ1) is 6.77. The highest BCUT2D eigenvalue weighted by molar-refractivity contribution is 7.99. The first-order valence-electron chi connectivity index (χ1n) is 4.70. The molecule has 0 aliphatic carbocycles. The summed E-state index contributed by atoms with van der Waals surface area (Å²) in [6.07, 6.45) is 2.26. The van der Waals surface area contributed by atoms with Crippen molar-refractivity contribution in [2.45, 2.75) is 18.8 Å². The smallest absolute Gasteiger partial charge is 0.287 e. The molecule has 0 saturated carbocycles. The third-order valence-corrected chi connectivity index (χ3v) is 3.54. The highest BCUT2D eigenvalue weighted by Gasteiger charge is 2.17. The summed E-state index contributed by atoms with van der Waals surface area (Å²) in [4.78, 5) is 11.0.